The van der Waals surface area contributed by atoms with Gasteiger partial charge in [0.15, 0.2) is 0 Å². The molecule has 1 aliphatic carbocycles. The Balaban J connectivity index is 0.000000910. The van der Waals surface area contributed by atoms with Crippen molar-refractivity contribution in [2.24, 2.45) is 5.92 Å². The van der Waals surface area contributed by atoms with Crippen LogP contribution < -0.4 is 9.47 Å². The summed E-state index contributed by atoms with van der Waals surface area (Å²) >= 11 is 0. The number of hydrogen-bond donors (Lipinski definition) is 1. The monoisotopic (exact) mass is 590 g/mol. The maximum Gasteiger partial charge on any atom is 0.303 e. The van der Waals surface area contributed by atoms with Crippen LogP contribution in [0, 0.1) is 5.92 Å². The number of ether oxygens (including phenoxy) is 2. The van der Waals surface area contributed by atoms with Gasteiger partial charge in [0.05, 0.1) is 6.61 Å². The molecule has 6 heteroatoms. The fourth-order valence-electron chi connectivity index (χ4n) is 5.17. The average molecular weight is 591 g/mol. The number of aryl methyl sites for hydroxylation is 3. The van der Waals surface area contributed by atoms with Crippen molar-refractivity contribution in [2.75, 3.05) is 18.1 Å². The standard InChI is InChI=1S/C31H34O5S.C3H6.C2H6/c32-31(33)13-7-22-5-9-27(10-6-22)35-21-24-4-8-25-2-1-3-26-19-28(11-12-29(26)30(25)18-24)36-20-23-14-16-37(34)17-15-23;1-3-2;1-2/h4-6,8-12,18-19,23H,1-3,7,13-17,20-21H2,(H,32,33);3H,1H2,2H3;1-2H3. The maximum absolute atomic E-state index is 11.6. The molecule has 0 atom stereocenters. The van der Waals surface area contributed by atoms with E-state index in [1.165, 1.54) is 22.3 Å². The highest BCUT2D eigenvalue weighted by atomic mass is 32.2. The summed E-state index contributed by atoms with van der Waals surface area (Å²) in [5.74, 6) is 3.03. The van der Waals surface area contributed by atoms with Crippen LogP contribution in [0.25, 0.3) is 11.1 Å². The Morgan fingerprint density at radius 2 is 1.55 bits per heavy atom. The molecular weight excluding hydrogens is 544 g/mol. The van der Waals surface area contributed by atoms with Gasteiger partial charge in [-0.3, -0.25) is 9.00 Å². The minimum Gasteiger partial charge on any atom is -0.493 e. The lowest BCUT2D eigenvalue weighted by atomic mass is 9.95. The molecule has 3 aromatic rings. The van der Waals surface area contributed by atoms with Gasteiger partial charge in [-0.1, -0.05) is 50.3 Å². The molecule has 3 aromatic carbocycles. The Kier molecular flexibility index (Phi) is 13.8. The number of rotatable bonds is 9. The van der Waals surface area contributed by atoms with Crippen molar-refractivity contribution in [3.05, 3.63) is 95.6 Å². The predicted molar refractivity (Wildman–Crippen MR) is 174 cm³/mol. The molecule has 1 N–H and O–H groups in total. The van der Waals surface area contributed by atoms with Crippen LogP contribution in [-0.4, -0.2) is 33.4 Å². The van der Waals surface area contributed by atoms with Gasteiger partial charge in [0.25, 0.3) is 0 Å². The number of aliphatic carboxylic acids is 1. The van der Waals surface area contributed by atoms with E-state index in [-0.39, 0.29) is 6.42 Å². The van der Waals surface area contributed by atoms with Crippen molar-refractivity contribution in [3.63, 3.8) is 0 Å². The summed E-state index contributed by atoms with van der Waals surface area (Å²) in [4.78, 5) is 10.8. The van der Waals surface area contributed by atoms with Crippen LogP contribution in [0.4, 0.5) is 0 Å². The summed E-state index contributed by atoms with van der Waals surface area (Å²) in [5, 5.41) is 8.86. The lowest BCUT2D eigenvalue weighted by Gasteiger charge is -2.22. The summed E-state index contributed by atoms with van der Waals surface area (Å²) in [6.45, 7) is 10.4. The second-order valence-electron chi connectivity index (χ2n) is 10.5. The van der Waals surface area contributed by atoms with Crippen molar-refractivity contribution in [3.8, 4) is 22.6 Å². The van der Waals surface area contributed by atoms with Crippen LogP contribution in [0.3, 0.4) is 0 Å². The molecule has 2 aliphatic rings. The first kappa shape index (κ1) is 33.1. The summed E-state index contributed by atoms with van der Waals surface area (Å²) < 4.78 is 23.8. The Labute approximate surface area is 254 Å². The lowest BCUT2D eigenvalue weighted by molar-refractivity contribution is -0.136. The number of benzene rings is 3. The number of carbonyl (C=O) groups is 1. The second-order valence-corrected chi connectivity index (χ2v) is 12.2. The molecule has 42 heavy (non-hydrogen) atoms. The van der Waals surface area contributed by atoms with Crippen molar-refractivity contribution >= 4 is 16.8 Å². The fraction of sp³-hybridized carbons (Fsp3) is 0.417. The van der Waals surface area contributed by atoms with Gasteiger partial charge in [-0.2, -0.15) is 0 Å². The molecule has 5 rings (SSSR count). The Morgan fingerprint density at radius 3 is 2.24 bits per heavy atom. The molecule has 1 fully saturated rings. The highest BCUT2D eigenvalue weighted by Gasteiger charge is 2.20. The lowest BCUT2D eigenvalue weighted by Crippen LogP contribution is -2.23. The van der Waals surface area contributed by atoms with Gasteiger partial charge >= 0.3 is 5.97 Å². The van der Waals surface area contributed by atoms with Crippen molar-refractivity contribution in [2.45, 2.75) is 72.3 Å². The molecule has 1 saturated heterocycles. The SMILES string of the molecule is C=CC.CC.O=C(O)CCc1ccc(OCc2ccc3c(c2)-c2ccc(OCC4CCS(=O)CC4)cc2CCC3)cc1. The first-order chi connectivity index (χ1) is 20.4. The molecule has 0 bridgehead atoms. The second kappa shape index (κ2) is 17.5. The third kappa shape index (κ3) is 10.2. The van der Waals surface area contributed by atoms with Crippen LogP contribution in [0.15, 0.2) is 73.3 Å². The van der Waals surface area contributed by atoms with E-state index in [0.717, 1.165) is 66.2 Å². The van der Waals surface area contributed by atoms with Gasteiger partial charge in [0.2, 0.25) is 0 Å². The zero-order valence-corrected chi connectivity index (χ0v) is 26.2. The number of carboxylic acids is 1. The molecule has 5 nitrogen and oxygen atoms in total. The number of hydrogen-bond acceptors (Lipinski definition) is 4. The quantitative estimate of drug-likeness (QED) is 0.254. The average Bonchev–Trinajstić information content (AvgIpc) is 3.19. The van der Waals surface area contributed by atoms with E-state index in [0.29, 0.717) is 25.6 Å². The molecule has 0 spiro atoms. The minimum atomic E-state index is -0.784. The van der Waals surface area contributed by atoms with Crippen LogP contribution >= 0.6 is 0 Å². The zero-order valence-electron chi connectivity index (χ0n) is 25.4. The Morgan fingerprint density at radius 1 is 0.905 bits per heavy atom. The first-order valence-corrected chi connectivity index (χ1v) is 16.7. The molecule has 0 radical (unpaired) electrons. The third-order valence-corrected chi connectivity index (χ3v) is 8.77. The summed E-state index contributed by atoms with van der Waals surface area (Å²) in [5.41, 5.74) is 7.37. The van der Waals surface area contributed by atoms with E-state index >= 15 is 0 Å². The van der Waals surface area contributed by atoms with Crippen molar-refractivity contribution < 1.29 is 23.6 Å². The van der Waals surface area contributed by atoms with Gasteiger partial charge in [-0.05, 0) is 115 Å². The normalized spacial score (nSPS) is 17.0. The number of allylic oxidation sites excluding steroid dienone is 1. The Hall–Kier alpha value is -3.38. The largest absolute Gasteiger partial charge is 0.493 e. The molecule has 0 aromatic heterocycles. The van der Waals surface area contributed by atoms with Gasteiger partial charge in [0, 0.05) is 28.7 Å². The topological polar surface area (TPSA) is 72.8 Å². The fourth-order valence-corrected chi connectivity index (χ4v) is 6.57. The van der Waals surface area contributed by atoms with E-state index in [9.17, 15) is 9.00 Å². The summed E-state index contributed by atoms with van der Waals surface area (Å²) in [6, 6.07) is 20.8. The van der Waals surface area contributed by atoms with Crippen LogP contribution in [0.2, 0.25) is 0 Å². The van der Waals surface area contributed by atoms with Crippen LogP contribution in [0.1, 0.15) is 68.7 Å². The molecule has 1 aliphatic heterocycles. The van der Waals surface area contributed by atoms with Gasteiger partial charge < -0.3 is 14.6 Å². The first-order valence-electron chi connectivity index (χ1n) is 15.2. The third-order valence-electron chi connectivity index (χ3n) is 7.38. The zero-order chi connectivity index (χ0) is 30.3. The smallest absolute Gasteiger partial charge is 0.303 e. The van der Waals surface area contributed by atoms with Gasteiger partial charge in [-0.15, -0.1) is 6.58 Å². The number of carboxylic acid groups (broad SMARTS) is 1. The van der Waals surface area contributed by atoms with Crippen LogP contribution in [0.5, 0.6) is 11.5 Å². The van der Waals surface area contributed by atoms with Gasteiger partial charge in [-0.25, -0.2) is 0 Å². The van der Waals surface area contributed by atoms with E-state index < -0.39 is 16.8 Å². The van der Waals surface area contributed by atoms with Gasteiger partial charge in [0.1, 0.15) is 18.1 Å². The molecule has 1 heterocycles. The summed E-state index contributed by atoms with van der Waals surface area (Å²) in [6.07, 6.45) is 7.59. The van der Waals surface area contributed by atoms with E-state index in [2.05, 4.69) is 43.0 Å². The molecule has 0 unspecified atom stereocenters. The minimum absolute atomic E-state index is 0.133. The van der Waals surface area contributed by atoms with Crippen LogP contribution in [-0.2, 0) is 41.5 Å². The maximum atomic E-state index is 11.6. The van der Waals surface area contributed by atoms with E-state index in [1.807, 2.05) is 45.0 Å². The van der Waals surface area contributed by atoms with E-state index in [4.69, 9.17) is 14.6 Å². The van der Waals surface area contributed by atoms with Crippen molar-refractivity contribution in [1.29, 1.82) is 0 Å². The number of fused-ring (bicyclic) bond motifs is 3. The summed E-state index contributed by atoms with van der Waals surface area (Å²) in [7, 11) is -0.634. The Bertz CT molecular complexity index is 1300. The van der Waals surface area contributed by atoms with E-state index in [1.54, 1.807) is 6.08 Å². The molecule has 0 amide bonds. The predicted octanol–water partition coefficient (Wildman–Crippen LogP) is 8.19. The molecule has 0 saturated carbocycles. The highest BCUT2D eigenvalue weighted by molar-refractivity contribution is 7.85. The highest BCUT2D eigenvalue weighted by Crippen LogP contribution is 2.35. The van der Waals surface area contributed by atoms with Crippen molar-refractivity contribution in [1.82, 2.24) is 0 Å². The molecule has 226 valence electrons. The molecular formula is C36H46O5S.